The molecule has 2 N–H and O–H groups in total. The van der Waals surface area contributed by atoms with Crippen LogP contribution in [0.2, 0.25) is 5.02 Å². The number of hydrogen-bond donors (Lipinski definition) is 2. The number of benzene rings is 1. The molecule has 0 saturated carbocycles. The van der Waals surface area contributed by atoms with Crippen LogP contribution in [0.1, 0.15) is 41.6 Å². The zero-order valence-electron chi connectivity index (χ0n) is 15.4. The van der Waals surface area contributed by atoms with Crippen molar-refractivity contribution in [3.05, 3.63) is 57.3 Å². The molecule has 9 heteroatoms. The van der Waals surface area contributed by atoms with Crippen molar-refractivity contribution in [2.45, 2.75) is 26.2 Å². The molecule has 1 aromatic carbocycles. The third-order valence-electron chi connectivity index (χ3n) is 4.28. The van der Waals surface area contributed by atoms with Gasteiger partial charge in [0.15, 0.2) is 4.77 Å². The molecule has 0 radical (unpaired) electrons. The predicted octanol–water partition coefficient (Wildman–Crippen LogP) is 3.41. The third kappa shape index (κ3) is 4.12. The van der Waals surface area contributed by atoms with Crippen molar-refractivity contribution in [1.29, 1.82) is 0 Å². The molecule has 0 bridgehead atoms. The van der Waals surface area contributed by atoms with Crippen LogP contribution in [0.15, 0.2) is 30.5 Å². The van der Waals surface area contributed by atoms with Crippen molar-refractivity contribution in [1.82, 2.24) is 29.9 Å². The normalized spacial score (nSPS) is 11.1. The Kier molecular flexibility index (Phi) is 5.76. The lowest BCUT2D eigenvalue weighted by atomic mass is 10.0. The van der Waals surface area contributed by atoms with Gasteiger partial charge in [0.1, 0.15) is 5.82 Å². The summed E-state index contributed by atoms with van der Waals surface area (Å²) in [7, 11) is 1.84. The highest BCUT2D eigenvalue weighted by molar-refractivity contribution is 7.71. The van der Waals surface area contributed by atoms with E-state index in [0.717, 1.165) is 17.2 Å². The van der Waals surface area contributed by atoms with Crippen LogP contribution in [-0.2, 0) is 13.5 Å². The van der Waals surface area contributed by atoms with E-state index >= 15 is 0 Å². The molecule has 2 heterocycles. The molecule has 0 unspecified atom stereocenters. The molecule has 2 aromatic heterocycles. The quantitative estimate of drug-likeness (QED) is 0.617. The second-order valence-electron chi connectivity index (χ2n) is 6.50. The highest BCUT2D eigenvalue weighted by Crippen LogP contribution is 2.24. The minimum absolute atomic E-state index is 0.121. The fraction of sp³-hybridized carbons (Fsp3) is 0.333. The van der Waals surface area contributed by atoms with Crippen molar-refractivity contribution < 1.29 is 4.79 Å². The third-order valence-corrected chi connectivity index (χ3v) is 4.89. The zero-order chi connectivity index (χ0) is 19.6. The van der Waals surface area contributed by atoms with Crippen LogP contribution in [0.4, 0.5) is 0 Å². The predicted molar refractivity (Wildman–Crippen MR) is 107 cm³/mol. The first-order chi connectivity index (χ1) is 12.9. The highest BCUT2D eigenvalue weighted by atomic mass is 35.5. The average Bonchev–Trinajstić information content (AvgIpc) is 3.21. The maximum Gasteiger partial charge on any atom is 0.254 e. The molecule has 27 heavy (non-hydrogen) atoms. The monoisotopic (exact) mass is 404 g/mol. The molecule has 0 atom stereocenters. The Balaban J connectivity index is 1.77. The summed E-state index contributed by atoms with van der Waals surface area (Å²) in [5, 5.41) is 14.9. The first-order valence-electron chi connectivity index (χ1n) is 8.60. The van der Waals surface area contributed by atoms with Crippen LogP contribution in [0.25, 0.3) is 5.69 Å². The summed E-state index contributed by atoms with van der Waals surface area (Å²) in [5.74, 6) is 0.757. The van der Waals surface area contributed by atoms with Crippen molar-refractivity contribution in [2.75, 3.05) is 6.54 Å². The molecular formula is C18H21ClN6OS. The van der Waals surface area contributed by atoms with Gasteiger partial charge in [0.25, 0.3) is 5.91 Å². The number of carbonyl (C=O) groups is 1. The van der Waals surface area contributed by atoms with E-state index in [-0.39, 0.29) is 11.8 Å². The molecule has 3 rings (SSSR count). The Morgan fingerprint density at radius 2 is 2.04 bits per heavy atom. The van der Waals surface area contributed by atoms with Crippen LogP contribution in [0.3, 0.4) is 0 Å². The van der Waals surface area contributed by atoms with E-state index in [1.165, 1.54) is 0 Å². The van der Waals surface area contributed by atoms with Crippen LogP contribution >= 0.6 is 23.8 Å². The smallest absolute Gasteiger partial charge is 0.254 e. The van der Waals surface area contributed by atoms with E-state index in [2.05, 4.69) is 20.6 Å². The second kappa shape index (κ2) is 8.06. The van der Waals surface area contributed by atoms with Gasteiger partial charge < -0.3 is 9.88 Å². The fourth-order valence-corrected chi connectivity index (χ4v) is 3.14. The minimum atomic E-state index is -0.157. The minimum Gasteiger partial charge on any atom is -0.351 e. The average molecular weight is 405 g/mol. The molecule has 1 amide bonds. The number of nitrogens with zero attached hydrogens (tertiary/aromatic N) is 4. The number of carbonyl (C=O) groups excluding carboxylic acids is 1. The maximum absolute atomic E-state index is 12.7. The van der Waals surface area contributed by atoms with Crippen LogP contribution < -0.4 is 5.32 Å². The van der Waals surface area contributed by atoms with Crippen LogP contribution in [0.5, 0.6) is 0 Å². The number of hydrogen-bond acceptors (Lipinski definition) is 4. The van der Waals surface area contributed by atoms with Gasteiger partial charge in [-0.1, -0.05) is 25.4 Å². The molecule has 0 aliphatic carbocycles. The van der Waals surface area contributed by atoms with Crippen LogP contribution in [-0.4, -0.2) is 37.0 Å². The van der Waals surface area contributed by atoms with Gasteiger partial charge in [-0.25, -0.2) is 4.68 Å². The van der Waals surface area contributed by atoms with Gasteiger partial charge in [0, 0.05) is 25.0 Å². The van der Waals surface area contributed by atoms with Crippen molar-refractivity contribution in [3.63, 3.8) is 0 Å². The van der Waals surface area contributed by atoms with Gasteiger partial charge in [-0.3, -0.25) is 9.89 Å². The van der Waals surface area contributed by atoms with Gasteiger partial charge in [-0.2, -0.15) is 10.2 Å². The Labute approximate surface area is 167 Å². The highest BCUT2D eigenvalue weighted by Gasteiger charge is 2.20. The van der Waals surface area contributed by atoms with Crippen molar-refractivity contribution >= 4 is 29.7 Å². The largest absolute Gasteiger partial charge is 0.351 e. The van der Waals surface area contributed by atoms with Gasteiger partial charge in [-0.15, -0.1) is 0 Å². The summed E-state index contributed by atoms with van der Waals surface area (Å²) >= 11 is 11.1. The van der Waals surface area contributed by atoms with E-state index < -0.39 is 0 Å². The number of amides is 1. The van der Waals surface area contributed by atoms with Crippen molar-refractivity contribution in [3.8, 4) is 5.69 Å². The summed E-state index contributed by atoms with van der Waals surface area (Å²) in [6, 6.07) is 7.37. The Hall–Kier alpha value is -2.45. The van der Waals surface area contributed by atoms with E-state index in [9.17, 15) is 4.79 Å². The number of rotatable bonds is 6. The van der Waals surface area contributed by atoms with Gasteiger partial charge in [-0.05, 0) is 42.4 Å². The summed E-state index contributed by atoms with van der Waals surface area (Å²) < 4.78 is 4.13. The summed E-state index contributed by atoms with van der Waals surface area (Å²) in [5.41, 5.74) is 2.28. The molecule has 0 saturated heterocycles. The first kappa shape index (κ1) is 19.3. The fourth-order valence-electron chi connectivity index (χ4n) is 2.86. The maximum atomic E-state index is 12.7. The Morgan fingerprint density at radius 1 is 1.33 bits per heavy atom. The van der Waals surface area contributed by atoms with E-state index in [0.29, 0.717) is 28.3 Å². The summed E-state index contributed by atoms with van der Waals surface area (Å²) in [6.07, 6.45) is 2.19. The zero-order valence-corrected chi connectivity index (χ0v) is 16.9. The lowest BCUT2D eigenvalue weighted by Crippen LogP contribution is -2.27. The summed E-state index contributed by atoms with van der Waals surface area (Å²) in [4.78, 5) is 12.7. The summed E-state index contributed by atoms with van der Waals surface area (Å²) in [6.45, 7) is 4.53. The standard InChI is InChI=1S/C18H21ClN6OS/c1-11(2)16-14(10-21-25(16)13-6-4-12(19)5-7-13)17(26)20-9-8-15-22-23-18(27)24(15)3/h4-7,10-11H,8-9H2,1-3H3,(H,20,26)(H,23,27). The number of halogens is 1. The molecule has 0 fully saturated rings. The lowest BCUT2D eigenvalue weighted by Gasteiger charge is -2.13. The Morgan fingerprint density at radius 3 is 2.63 bits per heavy atom. The van der Waals surface area contributed by atoms with E-state index in [1.807, 2.05) is 33.0 Å². The number of aromatic amines is 1. The SMILES string of the molecule is CC(C)c1c(C(=O)NCCc2n[nH]c(=S)n2C)cnn1-c1ccc(Cl)cc1. The van der Waals surface area contributed by atoms with E-state index in [4.69, 9.17) is 23.8 Å². The molecule has 3 aromatic rings. The lowest BCUT2D eigenvalue weighted by molar-refractivity contribution is 0.0952. The van der Waals surface area contributed by atoms with Gasteiger partial charge >= 0.3 is 0 Å². The number of nitrogens with one attached hydrogen (secondary N) is 2. The van der Waals surface area contributed by atoms with Crippen molar-refractivity contribution in [2.24, 2.45) is 7.05 Å². The molecule has 0 aliphatic rings. The number of H-pyrrole nitrogens is 1. The molecule has 7 nitrogen and oxygen atoms in total. The molecule has 142 valence electrons. The van der Waals surface area contributed by atoms with Gasteiger partial charge in [0.2, 0.25) is 0 Å². The topological polar surface area (TPSA) is 80.5 Å². The molecular weight excluding hydrogens is 384 g/mol. The Bertz CT molecular complexity index is 1000. The molecule has 0 aliphatic heterocycles. The second-order valence-corrected chi connectivity index (χ2v) is 7.32. The van der Waals surface area contributed by atoms with E-state index in [1.54, 1.807) is 27.6 Å². The molecule has 0 spiro atoms. The van der Waals surface area contributed by atoms with Gasteiger partial charge in [0.05, 0.1) is 23.1 Å². The van der Waals surface area contributed by atoms with Crippen LogP contribution in [0, 0.1) is 4.77 Å². The number of aromatic nitrogens is 5. The first-order valence-corrected chi connectivity index (χ1v) is 9.39.